The maximum Gasteiger partial charge on any atom is 0.0456 e. The van der Waals surface area contributed by atoms with Crippen LogP contribution in [0.1, 0.15) is 11.1 Å². The fourth-order valence-corrected chi connectivity index (χ4v) is 5.15. The van der Waals surface area contributed by atoms with E-state index in [0.717, 1.165) is 24.3 Å². The summed E-state index contributed by atoms with van der Waals surface area (Å²) in [5.74, 6) is 2.31. The van der Waals surface area contributed by atoms with Crippen molar-refractivity contribution in [2.75, 3.05) is 11.5 Å². The zero-order valence-electron chi connectivity index (χ0n) is 13.4. The highest BCUT2D eigenvalue weighted by atomic mass is 33.1. The molecule has 2 nitrogen and oxygen atoms in total. The number of rotatable bonds is 7. The molecule has 0 aliphatic carbocycles. The molecule has 4 rings (SSSR count). The van der Waals surface area contributed by atoms with Crippen molar-refractivity contribution < 1.29 is 0 Å². The first-order valence-corrected chi connectivity index (χ1v) is 10.7. The highest BCUT2D eigenvalue weighted by Gasteiger charge is 2.04. The van der Waals surface area contributed by atoms with Crippen LogP contribution in [0.15, 0.2) is 60.9 Å². The number of aryl methyl sites for hydroxylation is 2. The summed E-state index contributed by atoms with van der Waals surface area (Å²) >= 11 is 0. The van der Waals surface area contributed by atoms with Crippen LogP contribution in [0.25, 0.3) is 21.8 Å². The molecule has 2 N–H and O–H groups in total. The van der Waals surface area contributed by atoms with Crippen molar-refractivity contribution in [3.63, 3.8) is 0 Å². The maximum atomic E-state index is 3.36. The van der Waals surface area contributed by atoms with Gasteiger partial charge in [0.2, 0.25) is 0 Å². The zero-order chi connectivity index (χ0) is 16.2. The Bertz CT molecular complexity index is 861. The normalized spacial score (nSPS) is 11.5. The summed E-state index contributed by atoms with van der Waals surface area (Å²) in [5, 5.41) is 2.73. The van der Waals surface area contributed by atoms with E-state index in [4.69, 9.17) is 0 Å². The van der Waals surface area contributed by atoms with Gasteiger partial charge in [-0.25, -0.2) is 0 Å². The Balaban J connectivity index is 1.24. The Morgan fingerprint density at radius 2 is 1.08 bits per heavy atom. The minimum Gasteiger partial charge on any atom is -0.361 e. The molecule has 0 saturated heterocycles. The van der Waals surface area contributed by atoms with Gasteiger partial charge in [0, 0.05) is 45.7 Å². The van der Waals surface area contributed by atoms with Gasteiger partial charge in [-0.2, -0.15) is 0 Å². The molecule has 0 aliphatic heterocycles. The molecule has 0 saturated carbocycles. The second-order valence-electron chi connectivity index (χ2n) is 5.86. The lowest BCUT2D eigenvalue weighted by molar-refractivity contribution is 1.17. The Morgan fingerprint density at radius 3 is 1.58 bits per heavy atom. The highest BCUT2D eigenvalue weighted by molar-refractivity contribution is 8.76. The molecule has 24 heavy (non-hydrogen) atoms. The molecule has 0 aliphatic rings. The van der Waals surface area contributed by atoms with Crippen molar-refractivity contribution in [1.29, 1.82) is 0 Å². The first kappa shape index (κ1) is 15.7. The van der Waals surface area contributed by atoms with E-state index in [1.807, 2.05) is 21.6 Å². The largest absolute Gasteiger partial charge is 0.361 e. The van der Waals surface area contributed by atoms with Crippen LogP contribution in [0.4, 0.5) is 0 Å². The Labute approximate surface area is 149 Å². The molecule has 2 aromatic carbocycles. The Hall–Kier alpha value is -1.78. The highest BCUT2D eigenvalue weighted by Crippen LogP contribution is 2.27. The lowest BCUT2D eigenvalue weighted by atomic mass is 10.1. The third kappa shape index (κ3) is 3.35. The van der Waals surface area contributed by atoms with Crippen molar-refractivity contribution in [3.8, 4) is 0 Å². The molecule has 4 aromatic rings. The molecule has 2 heterocycles. The Kier molecular flexibility index (Phi) is 4.86. The number of aromatic amines is 2. The van der Waals surface area contributed by atoms with Gasteiger partial charge in [0.25, 0.3) is 0 Å². The summed E-state index contributed by atoms with van der Waals surface area (Å²) in [6.07, 6.45) is 6.55. The van der Waals surface area contributed by atoms with E-state index in [0.29, 0.717) is 0 Å². The average molecular weight is 353 g/mol. The molecule has 0 spiro atoms. The Morgan fingerprint density at radius 1 is 0.625 bits per heavy atom. The number of hydrogen-bond acceptors (Lipinski definition) is 2. The van der Waals surface area contributed by atoms with Gasteiger partial charge in [0.05, 0.1) is 0 Å². The van der Waals surface area contributed by atoms with Crippen LogP contribution in [-0.4, -0.2) is 21.5 Å². The van der Waals surface area contributed by atoms with E-state index in [-0.39, 0.29) is 0 Å². The smallest absolute Gasteiger partial charge is 0.0456 e. The van der Waals surface area contributed by atoms with E-state index >= 15 is 0 Å². The van der Waals surface area contributed by atoms with E-state index in [9.17, 15) is 0 Å². The number of benzene rings is 2. The van der Waals surface area contributed by atoms with E-state index < -0.39 is 0 Å². The molecular weight excluding hydrogens is 332 g/mol. The fourth-order valence-electron chi connectivity index (χ4n) is 3.10. The van der Waals surface area contributed by atoms with Crippen molar-refractivity contribution in [2.45, 2.75) is 12.8 Å². The summed E-state index contributed by atoms with van der Waals surface area (Å²) in [4.78, 5) is 6.71. The molecule has 0 bridgehead atoms. The number of para-hydroxylation sites is 2. The predicted octanol–water partition coefficient (Wildman–Crippen LogP) is 5.82. The average Bonchev–Trinajstić information content (AvgIpc) is 3.22. The molecule has 0 amide bonds. The quantitative estimate of drug-likeness (QED) is 0.324. The minimum atomic E-state index is 1.12. The first-order valence-electron chi connectivity index (χ1n) is 8.26. The maximum absolute atomic E-state index is 3.36. The lowest BCUT2D eigenvalue weighted by Crippen LogP contribution is -1.88. The van der Waals surface area contributed by atoms with Crippen molar-refractivity contribution in [2.24, 2.45) is 0 Å². The van der Waals surface area contributed by atoms with Crippen LogP contribution >= 0.6 is 21.6 Å². The number of nitrogens with one attached hydrogen (secondary N) is 2. The third-order valence-corrected chi connectivity index (χ3v) is 6.75. The summed E-state index contributed by atoms with van der Waals surface area (Å²) in [6, 6.07) is 17.1. The van der Waals surface area contributed by atoms with Crippen molar-refractivity contribution in [3.05, 3.63) is 72.1 Å². The summed E-state index contributed by atoms with van der Waals surface area (Å²) in [5.41, 5.74) is 5.33. The number of hydrogen-bond donors (Lipinski definition) is 2. The van der Waals surface area contributed by atoms with E-state index in [1.165, 1.54) is 32.9 Å². The van der Waals surface area contributed by atoms with Gasteiger partial charge in [-0.15, -0.1) is 0 Å². The topological polar surface area (TPSA) is 31.6 Å². The second-order valence-corrected chi connectivity index (χ2v) is 8.57. The summed E-state index contributed by atoms with van der Waals surface area (Å²) < 4.78 is 0. The minimum absolute atomic E-state index is 1.12. The monoisotopic (exact) mass is 352 g/mol. The van der Waals surface area contributed by atoms with E-state index in [2.05, 4.69) is 70.9 Å². The third-order valence-electron chi connectivity index (χ3n) is 4.34. The number of H-pyrrole nitrogens is 2. The van der Waals surface area contributed by atoms with Crippen LogP contribution in [0.2, 0.25) is 0 Å². The van der Waals surface area contributed by atoms with Gasteiger partial charge in [0.15, 0.2) is 0 Å². The molecule has 0 unspecified atom stereocenters. The van der Waals surface area contributed by atoms with Crippen molar-refractivity contribution >= 4 is 43.4 Å². The predicted molar refractivity (Wildman–Crippen MR) is 109 cm³/mol. The molecule has 0 radical (unpaired) electrons. The van der Waals surface area contributed by atoms with Crippen LogP contribution in [-0.2, 0) is 12.8 Å². The van der Waals surface area contributed by atoms with Crippen LogP contribution in [0, 0.1) is 0 Å². The molecule has 122 valence electrons. The van der Waals surface area contributed by atoms with Gasteiger partial charge in [-0.3, -0.25) is 0 Å². The lowest BCUT2D eigenvalue weighted by Gasteiger charge is -2.01. The molecule has 0 fully saturated rings. The van der Waals surface area contributed by atoms with E-state index in [1.54, 1.807) is 0 Å². The number of aromatic nitrogens is 2. The van der Waals surface area contributed by atoms with Gasteiger partial charge in [0.1, 0.15) is 0 Å². The van der Waals surface area contributed by atoms with Gasteiger partial charge in [-0.05, 0) is 36.1 Å². The van der Waals surface area contributed by atoms with Gasteiger partial charge < -0.3 is 9.97 Å². The SMILES string of the molecule is c1ccc2c(CCSSCCc3c[nH]c4ccccc34)c[nH]c2c1. The van der Waals surface area contributed by atoms with Crippen LogP contribution in [0.3, 0.4) is 0 Å². The van der Waals surface area contributed by atoms with Gasteiger partial charge >= 0.3 is 0 Å². The summed E-state index contributed by atoms with van der Waals surface area (Å²) in [6.45, 7) is 0. The summed E-state index contributed by atoms with van der Waals surface area (Å²) in [7, 11) is 3.96. The fraction of sp³-hybridized carbons (Fsp3) is 0.200. The van der Waals surface area contributed by atoms with Crippen molar-refractivity contribution in [1.82, 2.24) is 9.97 Å². The second kappa shape index (κ2) is 7.41. The molecule has 4 heteroatoms. The molecular formula is C20H20N2S2. The zero-order valence-corrected chi connectivity index (χ0v) is 15.1. The first-order chi connectivity index (χ1) is 11.9. The van der Waals surface area contributed by atoms with Crippen LogP contribution in [0.5, 0.6) is 0 Å². The number of fused-ring (bicyclic) bond motifs is 2. The molecule has 2 aromatic heterocycles. The van der Waals surface area contributed by atoms with Crippen LogP contribution < -0.4 is 0 Å². The van der Waals surface area contributed by atoms with Gasteiger partial charge in [-0.1, -0.05) is 58.0 Å². The standard InChI is InChI=1S/C20H20N2S2/c1-3-7-19-17(5-1)15(13-21-19)9-11-23-24-12-10-16-14-22-20-8-4-2-6-18(16)20/h1-8,13-14,21-22H,9-12H2. The molecule has 0 atom stereocenters.